The topological polar surface area (TPSA) is 175 Å². The SMILES string of the molecule is CCCCCCCC/C=C\CCCCCCCCCCCC(=O)OCC(COC1OC(C(=O)O)C(O)C(O)C1OC(=O)CCCCCCCCCCCCCCCCC)OC(=O)CCCCCCC/C=C\CCCCCCCC. The molecule has 0 aromatic heterocycles. The first kappa shape index (κ1) is 74.2. The second kappa shape index (κ2) is 55.7. The van der Waals surface area contributed by atoms with Crippen molar-refractivity contribution in [2.24, 2.45) is 0 Å². The zero-order valence-corrected chi connectivity index (χ0v) is 51.1. The van der Waals surface area contributed by atoms with Gasteiger partial charge in [-0.25, -0.2) is 4.79 Å². The fraction of sp³-hybridized carbons (Fsp3) is 0.881. The van der Waals surface area contributed by atoms with Crippen molar-refractivity contribution in [2.45, 2.75) is 366 Å². The fourth-order valence-corrected chi connectivity index (χ4v) is 10.4. The van der Waals surface area contributed by atoms with Gasteiger partial charge in [-0.1, -0.05) is 263 Å². The normalized spacial score (nSPS) is 17.9. The molecule has 1 saturated heterocycles. The Labute approximate surface area is 483 Å². The van der Waals surface area contributed by atoms with Gasteiger partial charge in [0, 0.05) is 19.3 Å². The van der Waals surface area contributed by atoms with Gasteiger partial charge in [-0.3, -0.25) is 14.4 Å². The Hall–Kier alpha value is -2.80. The highest BCUT2D eigenvalue weighted by atomic mass is 16.7. The van der Waals surface area contributed by atoms with E-state index in [4.69, 9.17) is 23.7 Å². The summed E-state index contributed by atoms with van der Waals surface area (Å²) in [4.78, 5) is 51.3. The van der Waals surface area contributed by atoms with E-state index in [1.54, 1.807) is 0 Å². The van der Waals surface area contributed by atoms with Gasteiger partial charge in [-0.15, -0.1) is 0 Å². The van der Waals surface area contributed by atoms with Gasteiger partial charge in [0.1, 0.15) is 18.8 Å². The Balaban J connectivity index is 2.63. The quantitative estimate of drug-likeness (QED) is 0.0228. The van der Waals surface area contributed by atoms with Crippen LogP contribution in [0.2, 0.25) is 0 Å². The molecule has 462 valence electrons. The molecule has 0 saturated carbocycles. The second-order valence-corrected chi connectivity index (χ2v) is 23.1. The van der Waals surface area contributed by atoms with E-state index in [0.717, 1.165) is 77.0 Å². The van der Waals surface area contributed by atoms with Crippen LogP contribution in [0.25, 0.3) is 0 Å². The average molecular weight is 1120 g/mol. The lowest BCUT2D eigenvalue weighted by molar-refractivity contribution is -0.301. The van der Waals surface area contributed by atoms with Crippen molar-refractivity contribution in [3.05, 3.63) is 24.3 Å². The van der Waals surface area contributed by atoms with Crippen molar-refractivity contribution < 1.29 is 58.2 Å². The number of carboxylic acid groups (broad SMARTS) is 1. The van der Waals surface area contributed by atoms with Crippen molar-refractivity contribution in [3.8, 4) is 0 Å². The van der Waals surface area contributed by atoms with Crippen LogP contribution >= 0.6 is 0 Å². The lowest BCUT2D eigenvalue weighted by atomic mass is 9.98. The Morgan fingerprint density at radius 1 is 0.405 bits per heavy atom. The largest absolute Gasteiger partial charge is 0.479 e. The second-order valence-electron chi connectivity index (χ2n) is 23.1. The monoisotopic (exact) mass is 1120 g/mol. The predicted molar refractivity (Wildman–Crippen MR) is 322 cm³/mol. The minimum atomic E-state index is -1.90. The van der Waals surface area contributed by atoms with Gasteiger partial charge in [0.2, 0.25) is 0 Å². The highest BCUT2D eigenvalue weighted by molar-refractivity contribution is 5.74. The molecule has 6 unspecified atom stereocenters. The Kier molecular flexibility index (Phi) is 52.3. The van der Waals surface area contributed by atoms with E-state index >= 15 is 0 Å². The number of esters is 3. The third-order valence-corrected chi connectivity index (χ3v) is 15.5. The van der Waals surface area contributed by atoms with E-state index in [-0.39, 0.29) is 25.9 Å². The number of unbranched alkanes of at least 4 members (excludes halogenated alkanes) is 40. The highest BCUT2D eigenvalue weighted by Crippen LogP contribution is 2.27. The van der Waals surface area contributed by atoms with Gasteiger partial charge >= 0.3 is 23.9 Å². The molecule has 0 aromatic rings. The number of rotatable bonds is 58. The number of allylic oxidation sites excluding steroid dienone is 4. The first-order chi connectivity index (χ1) is 38.6. The molecule has 3 N–H and O–H groups in total. The van der Waals surface area contributed by atoms with Crippen molar-refractivity contribution in [1.29, 1.82) is 0 Å². The highest BCUT2D eigenvalue weighted by Gasteiger charge is 2.50. The van der Waals surface area contributed by atoms with Crippen LogP contribution in [0.15, 0.2) is 24.3 Å². The molecular formula is C67H122O12. The zero-order chi connectivity index (χ0) is 57.5. The average Bonchev–Trinajstić information content (AvgIpc) is 3.46. The van der Waals surface area contributed by atoms with E-state index in [9.17, 15) is 34.5 Å². The van der Waals surface area contributed by atoms with Crippen LogP contribution in [0.3, 0.4) is 0 Å². The van der Waals surface area contributed by atoms with Gasteiger partial charge < -0.3 is 39.0 Å². The number of carbonyl (C=O) groups is 4. The summed E-state index contributed by atoms with van der Waals surface area (Å²) in [5, 5.41) is 31.6. The number of aliphatic hydroxyl groups excluding tert-OH is 2. The molecule has 0 aliphatic carbocycles. The first-order valence-electron chi connectivity index (χ1n) is 33.3. The number of hydrogen-bond donors (Lipinski definition) is 3. The summed E-state index contributed by atoms with van der Waals surface area (Å²) in [7, 11) is 0. The van der Waals surface area contributed by atoms with Crippen molar-refractivity contribution in [2.75, 3.05) is 13.2 Å². The zero-order valence-electron chi connectivity index (χ0n) is 51.1. The Morgan fingerprint density at radius 2 is 0.722 bits per heavy atom. The number of hydrogen-bond acceptors (Lipinski definition) is 11. The number of ether oxygens (including phenoxy) is 5. The molecule has 0 radical (unpaired) electrons. The van der Waals surface area contributed by atoms with E-state index in [1.165, 1.54) is 193 Å². The van der Waals surface area contributed by atoms with Crippen molar-refractivity contribution in [3.63, 3.8) is 0 Å². The third kappa shape index (κ3) is 45.4. The molecule has 6 atom stereocenters. The Morgan fingerprint density at radius 3 is 1.08 bits per heavy atom. The standard InChI is InChI=1S/C67H122O12/c1-4-7-10-13-16-19-22-25-28-29-30-31-34-35-38-41-44-47-50-53-59(68)75-56-58(77-60(69)54-51-48-45-42-39-36-32-26-23-20-17-14-11-8-5-2)57-76-67-65(63(72)62(71)64(79-67)66(73)74)78-61(70)55-52-49-46-43-40-37-33-27-24-21-18-15-12-9-6-3/h25-26,28,32,58,62-65,67,71-72H,4-24,27,29-31,33-57H2,1-3H3,(H,73,74)/b28-25-,32-26-. The van der Waals surface area contributed by atoms with Crippen LogP contribution in [0, 0.1) is 0 Å². The van der Waals surface area contributed by atoms with E-state index in [0.29, 0.717) is 19.3 Å². The minimum absolute atomic E-state index is 0.0663. The van der Waals surface area contributed by atoms with Crippen LogP contribution < -0.4 is 0 Å². The van der Waals surface area contributed by atoms with Crippen LogP contribution in [0.5, 0.6) is 0 Å². The summed E-state index contributed by atoms with van der Waals surface area (Å²) in [6.07, 6.45) is 52.8. The molecule has 1 aliphatic rings. The minimum Gasteiger partial charge on any atom is -0.479 e. The van der Waals surface area contributed by atoms with Gasteiger partial charge in [0.05, 0.1) is 6.61 Å². The number of carboxylic acids is 1. The van der Waals surface area contributed by atoms with Gasteiger partial charge in [-0.05, 0) is 70.6 Å². The molecule has 0 amide bonds. The van der Waals surface area contributed by atoms with Gasteiger partial charge in [0.15, 0.2) is 24.6 Å². The lowest BCUT2D eigenvalue weighted by Gasteiger charge is -2.40. The molecule has 1 rings (SSSR count). The summed E-state index contributed by atoms with van der Waals surface area (Å²) in [6.45, 7) is 6.03. The number of aliphatic carboxylic acids is 1. The maximum atomic E-state index is 13.2. The molecular weight excluding hydrogens is 997 g/mol. The summed E-state index contributed by atoms with van der Waals surface area (Å²) in [5.41, 5.74) is 0. The molecule has 79 heavy (non-hydrogen) atoms. The van der Waals surface area contributed by atoms with Crippen molar-refractivity contribution >= 4 is 23.9 Å². The number of aliphatic hydroxyl groups is 2. The maximum Gasteiger partial charge on any atom is 0.335 e. The summed E-state index contributed by atoms with van der Waals surface area (Å²) in [6, 6.07) is 0. The molecule has 12 heteroatoms. The summed E-state index contributed by atoms with van der Waals surface area (Å²) < 4.78 is 28.6. The molecule has 0 spiro atoms. The third-order valence-electron chi connectivity index (χ3n) is 15.5. The van der Waals surface area contributed by atoms with Crippen LogP contribution in [-0.2, 0) is 42.9 Å². The van der Waals surface area contributed by atoms with Gasteiger partial charge in [-0.2, -0.15) is 0 Å². The van der Waals surface area contributed by atoms with Crippen LogP contribution in [0.1, 0.15) is 329 Å². The smallest absolute Gasteiger partial charge is 0.335 e. The summed E-state index contributed by atoms with van der Waals surface area (Å²) >= 11 is 0. The predicted octanol–water partition coefficient (Wildman–Crippen LogP) is 17.8. The van der Waals surface area contributed by atoms with E-state index in [2.05, 4.69) is 45.1 Å². The number of carbonyl (C=O) groups excluding carboxylic acids is 3. The molecule has 0 aromatic carbocycles. The van der Waals surface area contributed by atoms with E-state index < -0.39 is 67.3 Å². The van der Waals surface area contributed by atoms with Crippen molar-refractivity contribution in [1.82, 2.24) is 0 Å². The fourth-order valence-electron chi connectivity index (χ4n) is 10.4. The molecule has 1 fully saturated rings. The summed E-state index contributed by atoms with van der Waals surface area (Å²) in [5.74, 6) is -3.09. The molecule has 0 bridgehead atoms. The maximum absolute atomic E-state index is 13.2. The molecule has 1 heterocycles. The van der Waals surface area contributed by atoms with Gasteiger partial charge in [0.25, 0.3) is 0 Å². The lowest BCUT2D eigenvalue weighted by Crippen LogP contribution is -2.61. The Bertz CT molecular complexity index is 1470. The van der Waals surface area contributed by atoms with E-state index in [1.807, 2.05) is 0 Å². The molecule has 12 nitrogen and oxygen atoms in total. The molecule has 1 aliphatic heterocycles. The first-order valence-corrected chi connectivity index (χ1v) is 33.3. The van der Waals surface area contributed by atoms with Crippen LogP contribution in [-0.4, -0.2) is 89.2 Å². The van der Waals surface area contributed by atoms with Crippen LogP contribution in [0.4, 0.5) is 0 Å².